The highest BCUT2D eigenvalue weighted by Gasteiger charge is 2.47. The molecule has 11 heavy (non-hydrogen) atoms. The average molecular weight is 174 g/mol. The van der Waals surface area contributed by atoms with Gasteiger partial charge >= 0.3 is 5.97 Å². The van der Waals surface area contributed by atoms with Gasteiger partial charge in [-0.05, 0) is 31.4 Å². The van der Waals surface area contributed by atoms with Crippen molar-refractivity contribution in [3.05, 3.63) is 0 Å². The Morgan fingerprint density at radius 1 is 1.73 bits per heavy atom. The number of carboxylic acids is 1. The minimum absolute atomic E-state index is 0.421. The third-order valence-corrected chi connectivity index (χ3v) is 3.62. The Morgan fingerprint density at radius 3 is 2.55 bits per heavy atom. The van der Waals surface area contributed by atoms with Gasteiger partial charge in [0.25, 0.3) is 0 Å². The maximum Gasteiger partial charge on any atom is 0.319 e. The molecular formula is C8H14O2S. The van der Waals surface area contributed by atoms with Crippen LogP contribution in [0.4, 0.5) is 0 Å². The monoisotopic (exact) mass is 174 g/mol. The molecule has 2 nitrogen and oxygen atoms in total. The van der Waals surface area contributed by atoms with Gasteiger partial charge in [-0.1, -0.05) is 6.92 Å². The van der Waals surface area contributed by atoms with Crippen LogP contribution in [0.1, 0.15) is 26.7 Å². The Labute approximate surface area is 71.4 Å². The summed E-state index contributed by atoms with van der Waals surface area (Å²) in [5.41, 5.74) is 0. The summed E-state index contributed by atoms with van der Waals surface area (Å²) in [6.07, 6.45) is 2.19. The fraction of sp³-hybridized carbons (Fsp3) is 0.875. The van der Waals surface area contributed by atoms with Crippen LogP contribution in [0.25, 0.3) is 0 Å². The van der Waals surface area contributed by atoms with Gasteiger partial charge in [0.1, 0.15) is 4.75 Å². The topological polar surface area (TPSA) is 37.3 Å². The third kappa shape index (κ3) is 1.70. The van der Waals surface area contributed by atoms with E-state index in [0.29, 0.717) is 5.92 Å². The molecule has 1 aliphatic carbocycles. The average Bonchev–Trinajstić information content (AvgIpc) is 2.68. The van der Waals surface area contributed by atoms with Gasteiger partial charge in [0.15, 0.2) is 0 Å². The number of hydrogen-bond acceptors (Lipinski definition) is 2. The lowest BCUT2D eigenvalue weighted by Crippen LogP contribution is -2.34. The van der Waals surface area contributed by atoms with Crippen molar-refractivity contribution in [3.63, 3.8) is 0 Å². The van der Waals surface area contributed by atoms with Crippen LogP contribution in [0, 0.1) is 5.92 Å². The largest absolute Gasteiger partial charge is 0.480 e. The molecule has 0 aliphatic heterocycles. The van der Waals surface area contributed by atoms with Gasteiger partial charge in [0.05, 0.1) is 0 Å². The quantitative estimate of drug-likeness (QED) is 0.708. The van der Waals surface area contributed by atoms with Crippen molar-refractivity contribution in [2.24, 2.45) is 5.92 Å². The zero-order valence-electron chi connectivity index (χ0n) is 6.96. The van der Waals surface area contributed by atoms with Crippen molar-refractivity contribution in [1.82, 2.24) is 0 Å². The van der Waals surface area contributed by atoms with Gasteiger partial charge in [-0.3, -0.25) is 4.79 Å². The van der Waals surface area contributed by atoms with E-state index in [0.717, 1.165) is 18.6 Å². The molecule has 1 aliphatic rings. The standard InChI is InChI=1S/C8H14O2S/c1-3-11-8(2,7(9)10)6-4-5-6/h6H,3-5H2,1-2H3,(H,9,10). The summed E-state index contributed by atoms with van der Waals surface area (Å²) in [6, 6.07) is 0. The maximum absolute atomic E-state index is 10.9. The van der Waals surface area contributed by atoms with Crippen LogP contribution in [-0.2, 0) is 4.79 Å². The summed E-state index contributed by atoms with van der Waals surface area (Å²) >= 11 is 1.56. The lowest BCUT2D eigenvalue weighted by molar-refractivity contribution is -0.139. The van der Waals surface area contributed by atoms with Crippen LogP contribution in [0.3, 0.4) is 0 Å². The first-order chi connectivity index (χ1) is 5.11. The van der Waals surface area contributed by atoms with Crippen molar-refractivity contribution >= 4 is 17.7 Å². The molecule has 1 unspecified atom stereocenters. The molecular weight excluding hydrogens is 160 g/mol. The molecule has 0 aromatic rings. The highest BCUT2D eigenvalue weighted by molar-refractivity contribution is 8.01. The Kier molecular flexibility index (Phi) is 2.47. The summed E-state index contributed by atoms with van der Waals surface area (Å²) in [5.74, 6) is 0.663. The number of rotatable bonds is 4. The van der Waals surface area contributed by atoms with E-state index in [4.69, 9.17) is 5.11 Å². The second-order valence-corrected chi connectivity index (χ2v) is 4.83. The van der Waals surface area contributed by atoms with E-state index in [-0.39, 0.29) is 0 Å². The number of hydrogen-bond donors (Lipinski definition) is 1. The summed E-state index contributed by atoms with van der Waals surface area (Å²) in [6.45, 7) is 3.86. The molecule has 1 atom stereocenters. The molecule has 0 amide bonds. The molecule has 0 aromatic carbocycles. The van der Waals surface area contributed by atoms with Crippen LogP contribution in [0.15, 0.2) is 0 Å². The lowest BCUT2D eigenvalue weighted by Gasteiger charge is -2.22. The molecule has 3 heteroatoms. The number of aliphatic carboxylic acids is 1. The van der Waals surface area contributed by atoms with E-state index < -0.39 is 10.7 Å². The summed E-state index contributed by atoms with van der Waals surface area (Å²) in [5, 5.41) is 8.95. The van der Waals surface area contributed by atoms with E-state index in [1.54, 1.807) is 11.8 Å². The molecule has 1 saturated carbocycles. The second kappa shape index (κ2) is 3.05. The van der Waals surface area contributed by atoms with E-state index >= 15 is 0 Å². The molecule has 1 rings (SSSR count). The molecule has 1 N–H and O–H groups in total. The fourth-order valence-corrected chi connectivity index (χ4v) is 2.48. The van der Waals surface area contributed by atoms with E-state index in [1.165, 1.54) is 0 Å². The third-order valence-electron chi connectivity index (χ3n) is 2.23. The molecule has 0 saturated heterocycles. The maximum atomic E-state index is 10.9. The van der Waals surface area contributed by atoms with Gasteiger partial charge < -0.3 is 5.11 Å². The summed E-state index contributed by atoms with van der Waals surface area (Å²) in [4.78, 5) is 10.9. The van der Waals surface area contributed by atoms with Crippen molar-refractivity contribution < 1.29 is 9.90 Å². The minimum atomic E-state index is -0.646. The first-order valence-electron chi connectivity index (χ1n) is 3.98. The van der Waals surface area contributed by atoms with Crippen molar-refractivity contribution in [1.29, 1.82) is 0 Å². The van der Waals surface area contributed by atoms with Crippen LogP contribution >= 0.6 is 11.8 Å². The Hall–Kier alpha value is -0.180. The molecule has 0 bridgehead atoms. The zero-order valence-corrected chi connectivity index (χ0v) is 7.78. The van der Waals surface area contributed by atoms with Gasteiger partial charge in [-0.25, -0.2) is 0 Å². The Bertz CT molecular complexity index is 165. The first kappa shape index (κ1) is 8.91. The molecule has 0 spiro atoms. The van der Waals surface area contributed by atoms with Gasteiger partial charge in [-0.2, -0.15) is 0 Å². The lowest BCUT2D eigenvalue weighted by atomic mass is 10.1. The first-order valence-corrected chi connectivity index (χ1v) is 4.97. The molecule has 0 heterocycles. The van der Waals surface area contributed by atoms with E-state index in [2.05, 4.69) is 0 Å². The highest BCUT2D eigenvalue weighted by Crippen LogP contribution is 2.47. The second-order valence-electron chi connectivity index (χ2n) is 3.12. The van der Waals surface area contributed by atoms with Crippen LogP contribution < -0.4 is 0 Å². The normalized spacial score (nSPS) is 22.7. The molecule has 0 aromatic heterocycles. The van der Waals surface area contributed by atoms with Gasteiger partial charge in [0.2, 0.25) is 0 Å². The zero-order chi connectivity index (χ0) is 8.48. The number of carboxylic acid groups (broad SMARTS) is 1. The predicted molar refractivity (Wildman–Crippen MR) is 46.9 cm³/mol. The summed E-state index contributed by atoms with van der Waals surface area (Å²) in [7, 11) is 0. The Balaban J connectivity index is 2.61. The number of carbonyl (C=O) groups is 1. The van der Waals surface area contributed by atoms with Crippen LogP contribution in [-0.4, -0.2) is 21.6 Å². The fourth-order valence-electron chi connectivity index (χ4n) is 1.29. The smallest absolute Gasteiger partial charge is 0.319 e. The molecule has 1 fully saturated rings. The molecule has 0 radical (unpaired) electrons. The highest BCUT2D eigenvalue weighted by atomic mass is 32.2. The Morgan fingerprint density at radius 2 is 2.27 bits per heavy atom. The van der Waals surface area contributed by atoms with Gasteiger partial charge in [-0.15, -0.1) is 11.8 Å². The van der Waals surface area contributed by atoms with Crippen molar-refractivity contribution in [2.45, 2.75) is 31.4 Å². The van der Waals surface area contributed by atoms with E-state index in [1.807, 2.05) is 13.8 Å². The SMILES string of the molecule is CCSC(C)(C(=O)O)C1CC1. The summed E-state index contributed by atoms with van der Waals surface area (Å²) < 4.78 is -0.505. The van der Waals surface area contributed by atoms with Crippen molar-refractivity contribution in [2.75, 3.05) is 5.75 Å². The predicted octanol–water partition coefficient (Wildman–Crippen LogP) is 1.99. The van der Waals surface area contributed by atoms with Gasteiger partial charge in [0, 0.05) is 0 Å². The molecule has 64 valence electrons. The van der Waals surface area contributed by atoms with Crippen molar-refractivity contribution in [3.8, 4) is 0 Å². The van der Waals surface area contributed by atoms with E-state index in [9.17, 15) is 4.79 Å². The minimum Gasteiger partial charge on any atom is -0.480 e. The van der Waals surface area contributed by atoms with Crippen LogP contribution in [0.5, 0.6) is 0 Å². The van der Waals surface area contributed by atoms with Crippen LogP contribution in [0.2, 0.25) is 0 Å². The number of thioether (sulfide) groups is 1.